The van der Waals surface area contributed by atoms with Crippen LogP contribution in [0.15, 0.2) is 73.1 Å². The summed E-state index contributed by atoms with van der Waals surface area (Å²) >= 11 is 0. The number of benzene rings is 2. The van der Waals surface area contributed by atoms with E-state index in [0.717, 1.165) is 5.56 Å². The van der Waals surface area contributed by atoms with Crippen LogP contribution in [-0.4, -0.2) is 23.1 Å². The summed E-state index contributed by atoms with van der Waals surface area (Å²) < 4.78 is 25.2. The highest BCUT2D eigenvalue weighted by molar-refractivity contribution is 5.97. The third-order valence-corrected chi connectivity index (χ3v) is 4.55. The molecule has 0 N–H and O–H groups in total. The number of anilines is 1. The van der Waals surface area contributed by atoms with Crippen molar-refractivity contribution in [2.45, 2.75) is 25.7 Å². The lowest BCUT2D eigenvalue weighted by Gasteiger charge is -2.34. The van der Waals surface area contributed by atoms with E-state index in [2.05, 4.69) is 4.98 Å². The van der Waals surface area contributed by atoms with Gasteiger partial charge in [0.2, 0.25) is 6.10 Å². The van der Waals surface area contributed by atoms with E-state index in [-0.39, 0.29) is 18.3 Å². The van der Waals surface area contributed by atoms with E-state index >= 15 is 0 Å². The van der Waals surface area contributed by atoms with Gasteiger partial charge in [-0.1, -0.05) is 18.2 Å². The first-order chi connectivity index (χ1) is 13.6. The molecule has 1 aliphatic heterocycles. The van der Waals surface area contributed by atoms with Gasteiger partial charge in [-0.3, -0.25) is 9.78 Å². The Bertz CT molecular complexity index is 963. The van der Waals surface area contributed by atoms with Gasteiger partial charge in [0.25, 0.3) is 5.91 Å². The molecule has 6 heteroatoms. The third-order valence-electron chi connectivity index (χ3n) is 4.55. The van der Waals surface area contributed by atoms with Gasteiger partial charge in [0.05, 0.1) is 6.54 Å². The number of aromatic nitrogens is 1. The van der Waals surface area contributed by atoms with Crippen LogP contribution in [-0.2, 0) is 11.3 Å². The number of nitrogens with zero attached hydrogens (tertiary/aromatic N) is 2. The molecule has 3 aromatic rings. The number of hydrogen-bond donors (Lipinski definition) is 0. The van der Waals surface area contributed by atoms with Crippen molar-refractivity contribution in [1.82, 2.24) is 4.98 Å². The molecule has 0 saturated carbocycles. The number of carbonyl (C=O) groups is 1. The summed E-state index contributed by atoms with van der Waals surface area (Å²) in [4.78, 5) is 19.1. The minimum absolute atomic E-state index is 0.266. The number of carbonyl (C=O) groups excluding carboxylic acids is 1. The van der Waals surface area contributed by atoms with Gasteiger partial charge < -0.3 is 14.4 Å². The molecule has 0 saturated heterocycles. The molecule has 0 radical (unpaired) electrons. The normalized spacial score (nSPS) is 17.8. The van der Waals surface area contributed by atoms with E-state index in [9.17, 15) is 9.18 Å². The minimum Gasteiger partial charge on any atom is -0.482 e. The largest absolute Gasteiger partial charge is 0.482 e. The summed E-state index contributed by atoms with van der Waals surface area (Å²) in [6.07, 6.45) is 2.07. The first-order valence-corrected chi connectivity index (χ1v) is 9.00. The van der Waals surface area contributed by atoms with Crippen molar-refractivity contribution in [1.29, 1.82) is 0 Å². The molecule has 2 atom stereocenters. The molecule has 0 spiro atoms. The van der Waals surface area contributed by atoms with Crippen molar-refractivity contribution in [3.05, 3.63) is 84.4 Å². The maximum Gasteiger partial charge on any atom is 0.272 e. The third kappa shape index (κ3) is 3.67. The quantitative estimate of drug-likeness (QED) is 0.689. The Kier molecular flexibility index (Phi) is 4.93. The lowest BCUT2D eigenvalue weighted by Crippen LogP contribution is -2.50. The molecule has 142 valence electrons. The van der Waals surface area contributed by atoms with Gasteiger partial charge in [0.1, 0.15) is 11.9 Å². The average Bonchev–Trinajstić information content (AvgIpc) is 2.72. The van der Waals surface area contributed by atoms with Crippen LogP contribution in [0.3, 0.4) is 0 Å². The van der Waals surface area contributed by atoms with Crippen molar-refractivity contribution in [3.8, 4) is 11.5 Å². The molecule has 2 aromatic carbocycles. The summed E-state index contributed by atoms with van der Waals surface area (Å²) in [5.74, 6) is 0.508. The Morgan fingerprint density at radius 2 is 1.75 bits per heavy atom. The van der Waals surface area contributed by atoms with Crippen LogP contribution < -0.4 is 14.4 Å². The number of pyridine rings is 1. The minimum atomic E-state index is -0.823. The average molecular weight is 378 g/mol. The highest BCUT2D eigenvalue weighted by Crippen LogP contribution is 2.34. The lowest BCUT2D eigenvalue weighted by molar-refractivity contribution is -0.130. The summed E-state index contributed by atoms with van der Waals surface area (Å²) in [7, 11) is 0. The van der Waals surface area contributed by atoms with Crippen LogP contribution >= 0.6 is 0 Å². The lowest BCUT2D eigenvalue weighted by atomic mass is 10.1. The molecule has 1 amide bonds. The second-order valence-corrected chi connectivity index (χ2v) is 6.57. The zero-order valence-corrected chi connectivity index (χ0v) is 15.3. The SMILES string of the molecule is C[C@H]1Oc2ccccc2O[C@H]1C(=O)N(Cc1cccnc1)c1ccc(F)cc1. The van der Waals surface area contributed by atoms with Gasteiger partial charge in [0, 0.05) is 18.1 Å². The van der Waals surface area contributed by atoms with Crippen molar-refractivity contribution in [3.63, 3.8) is 0 Å². The van der Waals surface area contributed by atoms with E-state index in [1.165, 1.54) is 12.1 Å². The summed E-state index contributed by atoms with van der Waals surface area (Å²) in [6.45, 7) is 2.08. The van der Waals surface area contributed by atoms with Gasteiger partial charge in [0.15, 0.2) is 11.5 Å². The van der Waals surface area contributed by atoms with Crippen molar-refractivity contribution >= 4 is 11.6 Å². The fourth-order valence-corrected chi connectivity index (χ4v) is 3.14. The zero-order valence-electron chi connectivity index (χ0n) is 15.3. The standard InChI is InChI=1S/C22H19FN2O3/c1-15-21(28-20-7-3-2-6-19(20)27-15)22(26)25(14-16-5-4-12-24-13-16)18-10-8-17(23)9-11-18/h2-13,15,21H,14H2,1H3/t15-,21-/m1/s1. The van der Waals surface area contributed by atoms with E-state index in [1.807, 2.05) is 24.3 Å². The monoisotopic (exact) mass is 378 g/mol. The molecular weight excluding hydrogens is 359 g/mol. The Labute approximate surface area is 162 Å². The Morgan fingerprint density at radius 1 is 1.04 bits per heavy atom. The first-order valence-electron chi connectivity index (χ1n) is 9.00. The molecular formula is C22H19FN2O3. The molecule has 0 unspecified atom stereocenters. The Morgan fingerprint density at radius 3 is 2.43 bits per heavy atom. The highest BCUT2D eigenvalue weighted by Gasteiger charge is 2.37. The fraction of sp³-hybridized carbons (Fsp3) is 0.182. The molecule has 0 fully saturated rings. The van der Waals surface area contributed by atoms with Crippen LogP contribution in [0.4, 0.5) is 10.1 Å². The van der Waals surface area contributed by atoms with Crippen molar-refractivity contribution in [2.75, 3.05) is 4.90 Å². The number of amides is 1. The molecule has 1 aromatic heterocycles. The second kappa shape index (κ2) is 7.68. The summed E-state index contributed by atoms with van der Waals surface area (Å²) in [5.41, 5.74) is 1.43. The van der Waals surface area contributed by atoms with E-state index in [1.54, 1.807) is 48.5 Å². The molecule has 4 rings (SSSR count). The van der Waals surface area contributed by atoms with Gasteiger partial charge in [-0.25, -0.2) is 4.39 Å². The smallest absolute Gasteiger partial charge is 0.272 e. The van der Waals surface area contributed by atoms with E-state index < -0.39 is 12.2 Å². The maximum atomic E-state index is 13.4. The second-order valence-electron chi connectivity index (χ2n) is 6.57. The summed E-state index contributed by atoms with van der Waals surface area (Å²) in [5, 5.41) is 0. The predicted molar refractivity (Wildman–Crippen MR) is 103 cm³/mol. The van der Waals surface area contributed by atoms with Crippen LogP contribution in [0.2, 0.25) is 0 Å². The van der Waals surface area contributed by atoms with Gasteiger partial charge >= 0.3 is 0 Å². The van der Waals surface area contributed by atoms with Crippen molar-refractivity contribution in [2.24, 2.45) is 0 Å². The number of fused-ring (bicyclic) bond motifs is 1. The number of ether oxygens (including phenoxy) is 2. The van der Waals surface area contributed by atoms with Gasteiger partial charge in [-0.2, -0.15) is 0 Å². The first kappa shape index (κ1) is 18.0. The zero-order chi connectivity index (χ0) is 19.5. The highest BCUT2D eigenvalue weighted by atomic mass is 19.1. The van der Waals surface area contributed by atoms with E-state index in [0.29, 0.717) is 17.2 Å². The number of rotatable bonds is 4. The van der Waals surface area contributed by atoms with Crippen molar-refractivity contribution < 1.29 is 18.7 Å². The Hall–Kier alpha value is -3.41. The predicted octanol–water partition coefficient (Wildman–Crippen LogP) is 3.98. The molecule has 0 aliphatic carbocycles. The number of halogens is 1. The molecule has 2 heterocycles. The maximum absolute atomic E-state index is 13.4. The van der Waals surface area contributed by atoms with E-state index in [4.69, 9.17) is 9.47 Å². The Balaban J connectivity index is 1.65. The molecule has 1 aliphatic rings. The van der Waals surface area contributed by atoms with Gasteiger partial charge in [-0.05, 0) is 55.0 Å². The summed E-state index contributed by atoms with van der Waals surface area (Å²) in [6, 6.07) is 16.8. The van der Waals surface area contributed by atoms with Crippen LogP contribution in [0.1, 0.15) is 12.5 Å². The molecule has 0 bridgehead atoms. The number of hydrogen-bond acceptors (Lipinski definition) is 4. The van der Waals surface area contributed by atoms with Crippen LogP contribution in [0, 0.1) is 5.82 Å². The number of para-hydroxylation sites is 2. The van der Waals surface area contributed by atoms with Crippen LogP contribution in [0.25, 0.3) is 0 Å². The topological polar surface area (TPSA) is 51.7 Å². The molecule has 5 nitrogen and oxygen atoms in total. The fourth-order valence-electron chi connectivity index (χ4n) is 3.14. The molecule has 28 heavy (non-hydrogen) atoms. The van der Waals surface area contributed by atoms with Gasteiger partial charge in [-0.15, -0.1) is 0 Å². The van der Waals surface area contributed by atoms with Crippen LogP contribution in [0.5, 0.6) is 11.5 Å².